The molecule has 1 fully saturated rings. The van der Waals surface area contributed by atoms with Gasteiger partial charge in [0.2, 0.25) is 0 Å². The molecule has 0 aromatic heterocycles. The first-order valence-electron chi connectivity index (χ1n) is 7.79. The number of fused-ring (bicyclic) bond motifs is 2. The first-order chi connectivity index (χ1) is 10.3. The summed E-state index contributed by atoms with van der Waals surface area (Å²) in [6, 6.07) is 19.4. The van der Waals surface area contributed by atoms with Crippen LogP contribution in [-0.4, -0.2) is 25.0 Å². The van der Waals surface area contributed by atoms with Gasteiger partial charge in [0.15, 0.2) is 0 Å². The fourth-order valence-corrected chi connectivity index (χ4v) is 3.74. The molecule has 0 aliphatic carbocycles. The predicted molar refractivity (Wildman–Crippen MR) is 84.2 cm³/mol. The Labute approximate surface area is 126 Å². The van der Waals surface area contributed by atoms with E-state index in [1.54, 1.807) is 0 Å². The highest BCUT2D eigenvalue weighted by Crippen LogP contribution is 2.51. The van der Waals surface area contributed by atoms with E-state index in [2.05, 4.69) is 66.5 Å². The lowest BCUT2D eigenvalue weighted by atomic mass is 9.83. The summed E-state index contributed by atoms with van der Waals surface area (Å²) in [6.45, 7) is 2.21. The molecule has 2 nitrogen and oxygen atoms in total. The highest BCUT2D eigenvalue weighted by molar-refractivity contribution is 5.43. The van der Waals surface area contributed by atoms with Gasteiger partial charge in [-0.2, -0.15) is 0 Å². The van der Waals surface area contributed by atoms with Crippen LogP contribution in [0.5, 0.6) is 0 Å². The topological polar surface area (TPSA) is 12.5 Å². The molecule has 0 radical (unpaired) electrons. The van der Waals surface area contributed by atoms with Crippen molar-refractivity contribution in [2.75, 3.05) is 20.1 Å². The molecular weight excluding hydrogens is 258 g/mol. The van der Waals surface area contributed by atoms with Crippen molar-refractivity contribution in [1.82, 2.24) is 4.90 Å². The zero-order chi connectivity index (χ0) is 14.3. The van der Waals surface area contributed by atoms with Gasteiger partial charge >= 0.3 is 0 Å². The third kappa shape index (κ3) is 2.10. The fraction of sp³-hybridized carbons (Fsp3) is 0.368. The second kappa shape index (κ2) is 4.97. The Bertz CT molecular complexity index is 629. The maximum Gasteiger partial charge on any atom is 0.109 e. The third-order valence-corrected chi connectivity index (χ3v) is 4.97. The van der Waals surface area contributed by atoms with Crippen molar-refractivity contribution in [2.45, 2.75) is 24.5 Å². The molecule has 21 heavy (non-hydrogen) atoms. The molecule has 2 aliphatic rings. The van der Waals surface area contributed by atoms with Crippen LogP contribution in [0, 0.1) is 0 Å². The molecule has 0 amide bonds. The van der Waals surface area contributed by atoms with Crippen LogP contribution in [0.3, 0.4) is 0 Å². The van der Waals surface area contributed by atoms with E-state index in [4.69, 9.17) is 4.74 Å². The minimum absolute atomic E-state index is 0.0798. The number of piperidine rings is 1. The monoisotopic (exact) mass is 279 g/mol. The highest BCUT2D eigenvalue weighted by Gasteiger charge is 2.46. The summed E-state index contributed by atoms with van der Waals surface area (Å²) >= 11 is 0. The summed E-state index contributed by atoms with van der Waals surface area (Å²) < 4.78 is 6.67. The van der Waals surface area contributed by atoms with Gasteiger partial charge in [-0.15, -0.1) is 0 Å². The largest absolute Gasteiger partial charge is 0.358 e. The fourth-order valence-electron chi connectivity index (χ4n) is 3.74. The van der Waals surface area contributed by atoms with Crippen LogP contribution in [-0.2, 0) is 10.3 Å². The van der Waals surface area contributed by atoms with Crippen LogP contribution in [0.2, 0.25) is 0 Å². The van der Waals surface area contributed by atoms with Crippen LogP contribution >= 0.6 is 0 Å². The Morgan fingerprint density at radius 1 is 0.952 bits per heavy atom. The van der Waals surface area contributed by atoms with E-state index >= 15 is 0 Å². The molecule has 2 aromatic carbocycles. The Morgan fingerprint density at radius 3 is 2.38 bits per heavy atom. The van der Waals surface area contributed by atoms with E-state index in [0.717, 1.165) is 25.9 Å². The summed E-state index contributed by atoms with van der Waals surface area (Å²) in [5.41, 5.74) is 3.95. The van der Waals surface area contributed by atoms with Crippen molar-refractivity contribution in [2.24, 2.45) is 0 Å². The smallest absolute Gasteiger partial charge is 0.109 e. The van der Waals surface area contributed by atoms with Crippen LogP contribution in [0.4, 0.5) is 0 Å². The van der Waals surface area contributed by atoms with Crippen molar-refractivity contribution >= 4 is 0 Å². The summed E-state index contributed by atoms with van der Waals surface area (Å²) in [5.74, 6) is 0. The van der Waals surface area contributed by atoms with Gasteiger partial charge in [-0.25, -0.2) is 0 Å². The van der Waals surface area contributed by atoms with E-state index < -0.39 is 0 Å². The number of likely N-dealkylation sites (tertiary alicyclic amines) is 1. The molecule has 1 spiro atoms. The lowest BCUT2D eigenvalue weighted by Gasteiger charge is -2.38. The molecule has 2 heteroatoms. The average molecular weight is 279 g/mol. The van der Waals surface area contributed by atoms with Gasteiger partial charge in [0, 0.05) is 13.1 Å². The summed E-state index contributed by atoms with van der Waals surface area (Å²) in [4.78, 5) is 2.40. The number of hydrogen-bond donors (Lipinski definition) is 0. The molecule has 1 atom stereocenters. The molecular formula is C19H21NO. The molecule has 2 aliphatic heterocycles. The van der Waals surface area contributed by atoms with Crippen molar-refractivity contribution in [1.29, 1.82) is 0 Å². The summed E-state index contributed by atoms with van der Waals surface area (Å²) in [5, 5.41) is 0. The molecule has 1 saturated heterocycles. The van der Waals surface area contributed by atoms with Crippen LogP contribution in [0.15, 0.2) is 54.6 Å². The minimum Gasteiger partial charge on any atom is -0.358 e. The van der Waals surface area contributed by atoms with Gasteiger partial charge in [-0.05, 0) is 36.6 Å². The number of ether oxygens (including phenoxy) is 1. The summed E-state index contributed by atoms with van der Waals surface area (Å²) in [6.07, 6.45) is 2.26. The van der Waals surface area contributed by atoms with Crippen LogP contribution in [0.1, 0.15) is 35.6 Å². The number of benzene rings is 2. The van der Waals surface area contributed by atoms with E-state index in [9.17, 15) is 0 Å². The molecule has 2 heterocycles. The van der Waals surface area contributed by atoms with Crippen molar-refractivity contribution in [3.63, 3.8) is 0 Å². The van der Waals surface area contributed by atoms with E-state index in [0.29, 0.717) is 0 Å². The van der Waals surface area contributed by atoms with Crippen molar-refractivity contribution in [3.8, 4) is 0 Å². The first-order valence-corrected chi connectivity index (χ1v) is 7.79. The van der Waals surface area contributed by atoms with Crippen molar-refractivity contribution < 1.29 is 4.74 Å². The number of hydrogen-bond acceptors (Lipinski definition) is 2. The Morgan fingerprint density at radius 2 is 1.62 bits per heavy atom. The molecule has 0 saturated carbocycles. The van der Waals surface area contributed by atoms with Crippen molar-refractivity contribution in [3.05, 3.63) is 71.3 Å². The van der Waals surface area contributed by atoms with E-state index in [1.165, 1.54) is 16.7 Å². The Hall–Kier alpha value is -1.64. The summed E-state index contributed by atoms with van der Waals surface area (Å²) in [7, 11) is 2.20. The molecule has 4 rings (SSSR count). The third-order valence-electron chi connectivity index (χ3n) is 4.97. The highest BCUT2D eigenvalue weighted by atomic mass is 16.5. The number of rotatable bonds is 1. The zero-order valence-corrected chi connectivity index (χ0v) is 12.5. The second-order valence-electron chi connectivity index (χ2n) is 6.29. The van der Waals surface area contributed by atoms with Crippen LogP contribution < -0.4 is 0 Å². The predicted octanol–water partition coefficient (Wildman–Crippen LogP) is 3.73. The molecule has 2 aromatic rings. The zero-order valence-electron chi connectivity index (χ0n) is 12.5. The van der Waals surface area contributed by atoms with Gasteiger partial charge in [0.05, 0.1) is 5.60 Å². The standard InChI is InChI=1S/C19H21NO/c1-20-13-11-19(12-14-20)17-10-6-5-9-16(17)18(21-19)15-7-3-2-4-8-15/h2-10,18H,11-14H2,1H3/t18-/m0/s1. The molecule has 0 bridgehead atoms. The quantitative estimate of drug-likeness (QED) is 0.788. The first kappa shape index (κ1) is 13.1. The van der Waals surface area contributed by atoms with Gasteiger partial charge < -0.3 is 9.64 Å². The lowest BCUT2D eigenvalue weighted by Crippen LogP contribution is -2.40. The van der Waals surface area contributed by atoms with Gasteiger partial charge in [-0.3, -0.25) is 0 Å². The molecule has 0 unspecified atom stereocenters. The Balaban J connectivity index is 1.77. The SMILES string of the molecule is CN1CCC2(CC1)O[C@@H](c1ccccc1)c1ccccc12. The lowest BCUT2D eigenvalue weighted by molar-refractivity contribution is -0.0941. The molecule has 0 N–H and O–H groups in total. The number of nitrogens with zero attached hydrogens (tertiary/aromatic N) is 1. The minimum atomic E-state index is -0.0798. The normalized spacial score (nSPS) is 24.1. The van der Waals surface area contributed by atoms with Gasteiger partial charge in [-0.1, -0.05) is 54.6 Å². The van der Waals surface area contributed by atoms with Gasteiger partial charge in [0.1, 0.15) is 6.10 Å². The maximum absolute atomic E-state index is 6.67. The van der Waals surface area contributed by atoms with Crippen LogP contribution in [0.25, 0.3) is 0 Å². The average Bonchev–Trinajstić information content (AvgIpc) is 2.87. The maximum atomic E-state index is 6.67. The van der Waals surface area contributed by atoms with E-state index in [1.807, 2.05) is 0 Å². The second-order valence-corrected chi connectivity index (χ2v) is 6.29. The Kier molecular flexibility index (Phi) is 3.09. The van der Waals surface area contributed by atoms with E-state index in [-0.39, 0.29) is 11.7 Å². The molecule has 108 valence electrons. The van der Waals surface area contributed by atoms with Gasteiger partial charge in [0.25, 0.3) is 0 Å².